The third-order valence-corrected chi connectivity index (χ3v) is 7.11. The zero-order valence-electron chi connectivity index (χ0n) is 20.5. The first kappa shape index (κ1) is 26.4. The number of hydrogen-bond donors (Lipinski definition) is 1. The summed E-state index contributed by atoms with van der Waals surface area (Å²) in [6.07, 6.45) is 0.794. The molecule has 1 N–H and O–H groups in total. The lowest BCUT2D eigenvalue weighted by atomic mass is 10.1. The zero-order valence-corrected chi connectivity index (χ0v) is 22.1. The molecule has 0 saturated carbocycles. The van der Waals surface area contributed by atoms with Crippen LogP contribution in [0.15, 0.2) is 65.8 Å². The second-order valence-electron chi connectivity index (χ2n) is 8.67. The normalized spacial score (nSPS) is 14.1. The second kappa shape index (κ2) is 13.6. The van der Waals surface area contributed by atoms with Crippen LogP contribution in [0.3, 0.4) is 0 Å². The number of benzene rings is 2. The van der Waals surface area contributed by atoms with Crippen LogP contribution in [0.5, 0.6) is 0 Å². The zero-order chi connectivity index (χ0) is 25.2. The van der Waals surface area contributed by atoms with Gasteiger partial charge in [-0.3, -0.25) is 9.69 Å². The minimum absolute atomic E-state index is 0.0722. The molecule has 0 aliphatic carbocycles. The molecule has 1 aliphatic heterocycles. The van der Waals surface area contributed by atoms with E-state index in [9.17, 15) is 4.79 Å². The molecule has 1 amide bonds. The Morgan fingerprint density at radius 3 is 2.50 bits per heavy atom. The lowest BCUT2D eigenvalue weighted by Crippen LogP contribution is -2.46. The van der Waals surface area contributed by atoms with Crippen molar-refractivity contribution in [3.63, 3.8) is 0 Å². The molecule has 3 aromatic rings. The van der Waals surface area contributed by atoms with Gasteiger partial charge in [-0.05, 0) is 29.7 Å². The quantitative estimate of drug-likeness (QED) is 0.171. The number of carbonyl (C=O) groups is 1. The van der Waals surface area contributed by atoms with Gasteiger partial charge in [0.05, 0.1) is 0 Å². The fourth-order valence-corrected chi connectivity index (χ4v) is 5.05. The van der Waals surface area contributed by atoms with Crippen molar-refractivity contribution in [2.24, 2.45) is 0 Å². The van der Waals surface area contributed by atoms with Gasteiger partial charge < -0.3 is 15.0 Å². The van der Waals surface area contributed by atoms with Crippen molar-refractivity contribution in [1.29, 1.82) is 0 Å². The van der Waals surface area contributed by atoms with Gasteiger partial charge in [0.25, 0.3) is 5.91 Å². The number of thioether (sulfide) groups is 1. The van der Waals surface area contributed by atoms with E-state index in [1.54, 1.807) is 18.9 Å². The van der Waals surface area contributed by atoms with Gasteiger partial charge in [0.2, 0.25) is 0 Å². The maximum absolute atomic E-state index is 12.2. The Kier molecular flexibility index (Phi) is 9.98. The van der Waals surface area contributed by atoms with Crippen molar-refractivity contribution in [2.45, 2.75) is 23.9 Å². The van der Waals surface area contributed by atoms with E-state index in [0.717, 1.165) is 50.5 Å². The molecule has 1 fully saturated rings. The topological polar surface area (TPSA) is 70.6 Å². The summed E-state index contributed by atoms with van der Waals surface area (Å²) >= 11 is 7.89. The number of ether oxygens (including phenoxy) is 1. The van der Waals surface area contributed by atoms with Crippen molar-refractivity contribution in [2.75, 3.05) is 51.3 Å². The summed E-state index contributed by atoms with van der Waals surface area (Å²) in [5.41, 5.74) is 3.08. The lowest BCUT2D eigenvalue weighted by Gasteiger charge is -2.35. The monoisotopic (exact) mass is 525 g/mol. The summed E-state index contributed by atoms with van der Waals surface area (Å²) in [6.45, 7) is 5.96. The largest absolute Gasteiger partial charge is 0.385 e. The van der Waals surface area contributed by atoms with Crippen molar-refractivity contribution < 1.29 is 9.53 Å². The number of carbonyl (C=O) groups excluding carboxylic acids is 1. The Labute approximate surface area is 222 Å². The van der Waals surface area contributed by atoms with Crippen LogP contribution in [-0.2, 0) is 17.0 Å². The van der Waals surface area contributed by atoms with Gasteiger partial charge >= 0.3 is 0 Å². The summed E-state index contributed by atoms with van der Waals surface area (Å²) in [4.78, 5) is 26.2. The van der Waals surface area contributed by atoms with E-state index in [0.29, 0.717) is 34.8 Å². The van der Waals surface area contributed by atoms with Crippen LogP contribution in [-0.4, -0.2) is 67.2 Å². The Bertz CT molecular complexity index is 1110. The third-order valence-electron chi connectivity index (χ3n) is 6.00. The van der Waals surface area contributed by atoms with Crippen LogP contribution in [0.25, 0.3) is 0 Å². The number of rotatable bonds is 11. The van der Waals surface area contributed by atoms with Crippen molar-refractivity contribution in [3.8, 4) is 0 Å². The standard InChI is InChI=1S/C27H32ClN5O2S/c1-35-17-5-12-29-26(34)23-10-8-22(9-11-23)20-36-27-30-24(28)18-25(31-27)33-15-13-32(14-16-33)19-21-6-3-2-4-7-21/h2-4,6-11,18H,5,12-17,19-20H2,1H3,(H,29,34). The van der Waals surface area contributed by atoms with Crippen LogP contribution in [0.1, 0.15) is 27.9 Å². The fourth-order valence-electron chi connectivity index (χ4n) is 4.01. The molecule has 0 atom stereocenters. The molecule has 4 rings (SSSR count). The SMILES string of the molecule is COCCCNC(=O)c1ccc(CSc2nc(Cl)cc(N3CCN(Cc4ccccc4)CC3)n2)cc1. The molecule has 1 saturated heterocycles. The van der Waals surface area contributed by atoms with Gasteiger partial charge in [0.15, 0.2) is 5.16 Å². The maximum atomic E-state index is 12.2. The number of amides is 1. The minimum atomic E-state index is -0.0722. The number of methoxy groups -OCH3 is 1. The lowest BCUT2D eigenvalue weighted by molar-refractivity contribution is 0.0948. The molecule has 0 unspecified atom stereocenters. The van der Waals surface area contributed by atoms with E-state index in [1.165, 1.54) is 5.56 Å². The Morgan fingerprint density at radius 1 is 1.03 bits per heavy atom. The number of aromatic nitrogens is 2. The van der Waals surface area contributed by atoms with E-state index in [-0.39, 0.29) is 5.91 Å². The smallest absolute Gasteiger partial charge is 0.251 e. The first-order chi connectivity index (χ1) is 17.6. The van der Waals surface area contributed by atoms with Crippen LogP contribution in [0.2, 0.25) is 5.15 Å². The minimum Gasteiger partial charge on any atom is -0.385 e. The summed E-state index contributed by atoms with van der Waals surface area (Å²) in [7, 11) is 1.65. The van der Waals surface area contributed by atoms with Crippen molar-refractivity contribution >= 4 is 35.1 Å². The van der Waals surface area contributed by atoms with Crippen molar-refractivity contribution in [1.82, 2.24) is 20.2 Å². The predicted molar refractivity (Wildman–Crippen MR) is 146 cm³/mol. The fraction of sp³-hybridized carbons (Fsp3) is 0.370. The first-order valence-corrected chi connectivity index (χ1v) is 13.5. The maximum Gasteiger partial charge on any atom is 0.251 e. The van der Waals surface area contributed by atoms with Gasteiger partial charge in [-0.1, -0.05) is 65.8 Å². The number of piperazine rings is 1. The highest BCUT2D eigenvalue weighted by Crippen LogP contribution is 2.25. The summed E-state index contributed by atoms with van der Waals surface area (Å²) in [5.74, 6) is 1.50. The molecule has 2 aromatic carbocycles. The summed E-state index contributed by atoms with van der Waals surface area (Å²) in [6, 6.07) is 20.0. The molecule has 2 heterocycles. The number of anilines is 1. The molecular formula is C27H32ClN5O2S. The number of nitrogens with zero attached hydrogens (tertiary/aromatic N) is 4. The van der Waals surface area contributed by atoms with Crippen LogP contribution in [0, 0.1) is 0 Å². The summed E-state index contributed by atoms with van der Waals surface area (Å²) < 4.78 is 5.01. The average molecular weight is 526 g/mol. The van der Waals surface area contributed by atoms with Gasteiger partial charge in [-0.25, -0.2) is 9.97 Å². The Balaban J connectivity index is 1.28. The third kappa shape index (κ3) is 7.93. The van der Waals surface area contributed by atoms with Gasteiger partial charge in [-0.15, -0.1) is 0 Å². The predicted octanol–water partition coefficient (Wildman–Crippen LogP) is 4.51. The molecule has 190 valence electrons. The van der Waals surface area contributed by atoms with Crippen LogP contribution in [0.4, 0.5) is 5.82 Å². The van der Waals surface area contributed by atoms with E-state index in [2.05, 4.69) is 50.4 Å². The Hall–Kier alpha value is -2.65. The molecule has 0 bridgehead atoms. The Morgan fingerprint density at radius 2 is 1.78 bits per heavy atom. The van der Waals surface area contributed by atoms with Crippen LogP contribution >= 0.6 is 23.4 Å². The first-order valence-electron chi connectivity index (χ1n) is 12.2. The van der Waals surface area contributed by atoms with Gasteiger partial charge in [0.1, 0.15) is 11.0 Å². The average Bonchev–Trinajstić information content (AvgIpc) is 2.91. The van der Waals surface area contributed by atoms with E-state index >= 15 is 0 Å². The number of nitrogens with one attached hydrogen (secondary N) is 1. The molecule has 7 nitrogen and oxygen atoms in total. The van der Waals surface area contributed by atoms with Crippen molar-refractivity contribution in [3.05, 3.63) is 82.5 Å². The highest BCUT2D eigenvalue weighted by atomic mass is 35.5. The molecule has 1 aromatic heterocycles. The van der Waals surface area contributed by atoms with Gasteiger partial charge in [-0.2, -0.15) is 0 Å². The highest BCUT2D eigenvalue weighted by Gasteiger charge is 2.19. The molecule has 9 heteroatoms. The van der Waals surface area contributed by atoms with E-state index in [4.69, 9.17) is 21.3 Å². The van der Waals surface area contributed by atoms with Crippen LogP contribution < -0.4 is 10.2 Å². The molecule has 0 spiro atoms. The van der Waals surface area contributed by atoms with E-state index < -0.39 is 0 Å². The molecular weight excluding hydrogens is 494 g/mol. The van der Waals surface area contributed by atoms with Gasteiger partial charge in [0, 0.05) is 70.4 Å². The number of hydrogen-bond acceptors (Lipinski definition) is 7. The number of halogens is 1. The van der Waals surface area contributed by atoms with E-state index in [1.807, 2.05) is 30.3 Å². The second-order valence-corrected chi connectivity index (χ2v) is 10.00. The molecule has 36 heavy (non-hydrogen) atoms. The summed E-state index contributed by atoms with van der Waals surface area (Å²) in [5, 5.41) is 4.01. The molecule has 0 radical (unpaired) electrons. The highest BCUT2D eigenvalue weighted by molar-refractivity contribution is 7.98. The molecule has 1 aliphatic rings.